The zero-order chi connectivity index (χ0) is 27.8. The molecule has 1 saturated heterocycles. The molecule has 1 saturated carbocycles. The highest BCUT2D eigenvalue weighted by Gasteiger charge is 2.52. The molecule has 0 bridgehead atoms. The Morgan fingerprint density at radius 1 is 0.897 bits per heavy atom. The van der Waals surface area contributed by atoms with Crippen LogP contribution in [0.1, 0.15) is 37.7 Å². The Labute approximate surface area is 226 Å². The number of carbonyl (C=O) groups excluding carboxylic acids is 1. The normalized spacial score (nSPS) is 23.6. The van der Waals surface area contributed by atoms with Crippen molar-refractivity contribution in [1.82, 2.24) is 4.90 Å². The van der Waals surface area contributed by atoms with E-state index in [9.17, 15) is 31.5 Å². The van der Waals surface area contributed by atoms with Crippen molar-refractivity contribution < 1.29 is 31.5 Å². The number of aliphatic hydroxyl groups is 1. The molecule has 5 rings (SSSR count). The summed E-state index contributed by atoms with van der Waals surface area (Å²) in [7, 11) is -4.12. The molecular weight excluding hydrogens is 527 g/mol. The summed E-state index contributed by atoms with van der Waals surface area (Å²) in [6, 6.07) is 14.2. The van der Waals surface area contributed by atoms with Gasteiger partial charge in [0.25, 0.3) is 0 Å². The van der Waals surface area contributed by atoms with Crippen molar-refractivity contribution >= 4 is 15.7 Å². The van der Waals surface area contributed by atoms with Crippen molar-refractivity contribution in [1.29, 1.82) is 0 Å². The van der Waals surface area contributed by atoms with Crippen molar-refractivity contribution in [2.75, 3.05) is 19.7 Å². The molecule has 9 heteroatoms. The summed E-state index contributed by atoms with van der Waals surface area (Å²) in [5.74, 6) is -2.18. The number of halogens is 3. The van der Waals surface area contributed by atoms with Crippen LogP contribution in [0.5, 0.6) is 0 Å². The average molecular weight is 558 g/mol. The molecule has 1 aliphatic heterocycles. The summed E-state index contributed by atoms with van der Waals surface area (Å²) >= 11 is 0. The van der Waals surface area contributed by atoms with Gasteiger partial charge < -0.3 is 10.0 Å². The molecule has 0 aromatic heterocycles. The number of carbonyl (C=O) groups is 1. The van der Waals surface area contributed by atoms with Crippen LogP contribution in [0.15, 0.2) is 71.6 Å². The summed E-state index contributed by atoms with van der Waals surface area (Å²) in [6.45, 7) is 0.234. The van der Waals surface area contributed by atoms with Crippen LogP contribution in [0.4, 0.5) is 13.2 Å². The SMILES string of the molecule is O=C([C@H]1CC[C@H](CO)CC1)N1CC[C@](c2ccc(-c3c(F)cccc3F)cc2)(S(=O)(=O)c2ccc(F)cc2)C1. The summed E-state index contributed by atoms with van der Waals surface area (Å²) < 4.78 is 69.2. The predicted molar refractivity (Wildman–Crippen MR) is 141 cm³/mol. The number of rotatable bonds is 6. The van der Waals surface area contributed by atoms with E-state index < -0.39 is 32.0 Å². The second kappa shape index (κ2) is 10.8. The van der Waals surface area contributed by atoms with Crippen LogP contribution in [0, 0.1) is 29.3 Å². The summed E-state index contributed by atoms with van der Waals surface area (Å²) in [5.41, 5.74) is 0.447. The van der Waals surface area contributed by atoms with E-state index in [4.69, 9.17) is 0 Å². The van der Waals surface area contributed by atoms with Gasteiger partial charge >= 0.3 is 0 Å². The minimum Gasteiger partial charge on any atom is -0.396 e. The van der Waals surface area contributed by atoms with E-state index in [-0.39, 0.29) is 59.9 Å². The van der Waals surface area contributed by atoms with Crippen LogP contribution in [0.2, 0.25) is 0 Å². The Hall–Kier alpha value is -3.17. The molecule has 0 radical (unpaired) electrons. The molecule has 3 aromatic carbocycles. The number of hydrogen-bond donors (Lipinski definition) is 1. The Morgan fingerprint density at radius 3 is 2.10 bits per heavy atom. The van der Waals surface area contributed by atoms with Crippen molar-refractivity contribution in [3.05, 3.63) is 89.7 Å². The van der Waals surface area contributed by atoms with Gasteiger partial charge in [-0.15, -0.1) is 0 Å². The lowest BCUT2D eigenvalue weighted by molar-refractivity contribution is -0.136. The molecule has 1 atom stereocenters. The van der Waals surface area contributed by atoms with Crippen LogP contribution < -0.4 is 0 Å². The smallest absolute Gasteiger partial charge is 0.225 e. The highest BCUT2D eigenvalue weighted by atomic mass is 32.2. The largest absolute Gasteiger partial charge is 0.396 e. The van der Waals surface area contributed by atoms with Crippen LogP contribution in [0.25, 0.3) is 11.1 Å². The van der Waals surface area contributed by atoms with Gasteiger partial charge in [-0.25, -0.2) is 21.6 Å². The molecule has 3 aromatic rings. The highest BCUT2D eigenvalue weighted by Crippen LogP contribution is 2.45. The second-order valence-corrected chi connectivity index (χ2v) is 12.8. The molecule has 1 heterocycles. The topological polar surface area (TPSA) is 74.7 Å². The highest BCUT2D eigenvalue weighted by molar-refractivity contribution is 7.92. The molecule has 1 amide bonds. The minimum atomic E-state index is -4.12. The number of nitrogens with zero attached hydrogens (tertiary/aromatic N) is 1. The van der Waals surface area contributed by atoms with Gasteiger partial charge in [0.1, 0.15) is 22.2 Å². The lowest BCUT2D eigenvalue weighted by Gasteiger charge is -2.32. The molecule has 2 aliphatic rings. The standard InChI is InChI=1S/C30H30F3NO4S/c31-24-12-14-25(15-13-24)39(37,38)30(16-17-34(19-30)29(36)22-6-4-20(18-35)5-7-22)23-10-8-21(9-11-23)28-26(32)2-1-3-27(28)33/h1-3,8-15,20,22,35H,4-7,16-19H2/t20-,22-,30-/m0/s1. The lowest BCUT2D eigenvalue weighted by atomic mass is 9.82. The van der Waals surface area contributed by atoms with Crippen molar-refractivity contribution in [2.45, 2.75) is 41.7 Å². The number of aliphatic hydroxyl groups excluding tert-OH is 1. The third-order valence-electron chi connectivity index (χ3n) is 8.30. The minimum absolute atomic E-state index is 0.0640. The predicted octanol–water partition coefficient (Wildman–Crippen LogP) is 5.47. The van der Waals surface area contributed by atoms with E-state index in [1.54, 1.807) is 17.0 Å². The first-order chi connectivity index (χ1) is 18.7. The van der Waals surface area contributed by atoms with Crippen LogP contribution >= 0.6 is 0 Å². The summed E-state index contributed by atoms with van der Waals surface area (Å²) in [5, 5.41) is 9.43. The average Bonchev–Trinajstić information content (AvgIpc) is 3.41. The molecule has 5 nitrogen and oxygen atoms in total. The maximum absolute atomic E-state index is 14.4. The Balaban J connectivity index is 1.51. The van der Waals surface area contributed by atoms with Gasteiger partial charge in [0, 0.05) is 25.6 Å². The van der Waals surface area contributed by atoms with E-state index in [1.807, 2.05) is 0 Å². The quantitative estimate of drug-likeness (QED) is 0.408. The number of likely N-dealkylation sites (tertiary alicyclic amines) is 1. The number of benzene rings is 3. The van der Waals surface area contributed by atoms with Gasteiger partial charge in [0.15, 0.2) is 9.84 Å². The summed E-state index contributed by atoms with van der Waals surface area (Å²) in [6.07, 6.45) is 2.89. The lowest BCUT2D eigenvalue weighted by Crippen LogP contribution is -2.42. The maximum atomic E-state index is 14.4. The molecule has 206 valence electrons. The fourth-order valence-corrected chi connectivity index (χ4v) is 8.06. The first-order valence-corrected chi connectivity index (χ1v) is 14.6. The Bertz CT molecular complexity index is 1430. The zero-order valence-corrected chi connectivity index (χ0v) is 22.1. The Morgan fingerprint density at radius 2 is 1.51 bits per heavy atom. The molecule has 1 N–H and O–H groups in total. The van der Waals surface area contributed by atoms with E-state index in [0.29, 0.717) is 18.4 Å². The fraction of sp³-hybridized carbons (Fsp3) is 0.367. The van der Waals surface area contributed by atoms with Gasteiger partial charge in [0.2, 0.25) is 5.91 Å². The molecule has 0 spiro atoms. The van der Waals surface area contributed by atoms with Crippen LogP contribution in [-0.2, 0) is 19.4 Å². The molecular formula is C30H30F3NO4S. The monoisotopic (exact) mass is 557 g/mol. The van der Waals surface area contributed by atoms with Gasteiger partial charge in [0.05, 0.1) is 10.5 Å². The number of amides is 1. The van der Waals surface area contributed by atoms with Crippen molar-refractivity contribution in [2.24, 2.45) is 11.8 Å². The van der Waals surface area contributed by atoms with Crippen molar-refractivity contribution in [3.63, 3.8) is 0 Å². The molecule has 1 aliphatic carbocycles. The van der Waals surface area contributed by atoms with Gasteiger partial charge in [-0.05, 0) is 85.5 Å². The summed E-state index contributed by atoms with van der Waals surface area (Å²) in [4.78, 5) is 15.0. The second-order valence-electron chi connectivity index (χ2n) is 10.5. The number of hydrogen-bond acceptors (Lipinski definition) is 4. The molecule has 39 heavy (non-hydrogen) atoms. The van der Waals surface area contributed by atoms with E-state index in [1.165, 1.54) is 30.3 Å². The van der Waals surface area contributed by atoms with Gasteiger partial charge in [-0.1, -0.05) is 30.3 Å². The third kappa shape index (κ3) is 4.98. The van der Waals surface area contributed by atoms with E-state index in [0.717, 1.165) is 37.1 Å². The zero-order valence-electron chi connectivity index (χ0n) is 21.3. The van der Waals surface area contributed by atoms with E-state index in [2.05, 4.69) is 0 Å². The molecule has 2 fully saturated rings. The van der Waals surface area contributed by atoms with Crippen molar-refractivity contribution in [3.8, 4) is 11.1 Å². The first kappa shape index (κ1) is 27.4. The maximum Gasteiger partial charge on any atom is 0.225 e. The van der Waals surface area contributed by atoms with Crippen LogP contribution in [-0.4, -0.2) is 44.0 Å². The Kier molecular flexibility index (Phi) is 7.57. The fourth-order valence-electron chi connectivity index (χ4n) is 5.98. The number of sulfone groups is 1. The van der Waals surface area contributed by atoms with Gasteiger partial charge in [-0.2, -0.15) is 0 Å². The van der Waals surface area contributed by atoms with Gasteiger partial charge in [-0.3, -0.25) is 4.79 Å². The van der Waals surface area contributed by atoms with Crippen LogP contribution in [0.3, 0.4) is 0 Å². The van der Waals surface area contributed by atoms with E-state index >= 15 is 0 Å². The molecule has 0 unspecified atom stereocenters. The third-order valence-corrected chi connectivity index (χ3v) is 10.8. The first-order valence-electron chi connectivity index (χ1n) is 13.1.